The summed E-state index contributed by atoms with van der Waals surface area (Å²) in [6.45, 7) is 0. The molecule has 38 heavy (non-hydrogen) atoms. The van der Waals surface area contributed by atoms with Crippen LogP contribution in [0.3, 0.4) is 0 Å². The van der Waals surface area contributed by atoms with Crippen molar-refractivity contribution in [2.75, 3.05) is 0 Å². The summed E-state index contributed by atoms with van der Waals surface area (Å²) in [5, 5.41) is 12.7. The average Bonchev–Trinajstić information content (AvgIpc) is 3.00. The van der Waals surface area contributed by atoms with E-state index in [1.807, 2.05) is 140 Å². The molecule has 1 N–H and O–H groups in total. The van der Waals surface area contributed by atoms with Gasteiger partial charge in [-0.05, 0) is 23.3 Å². The van der Waals surface area contributed by atoms with Crippen molar-refractivity contribution in [2.45, 2.75) is 5.60 Å². The summed E-state index contributed by atoms with van der Waals surface area (Å²) in [5.74, 6) is 5.98. The van der Waals surface area contributed by atoms with E-state index in [4.69, 9.17) is 0 Å². The Labute approximate surface area is 223 Å². The molecule has 0 aliphatic rings. The molecule has 0 fully saturated rings. The number of Topliss-reactive ketones (excluding diaryl/α,β-unsaturated/α-hetero) is 1. The minimum absolute atomic E-state index is 0.204. The van der Waals surface area contributed by atoms with Crippen LogP contribution in [0.4, 0.5) is 0 Å². The Bertz CT molecular complexity index is 1550. The lowest BCUT2D eigenvalue weighted by Crippen LogP contribution is -2.32. The van der Waals surface area contributed by atoms with Crippen molar-refractivity contribution >= 4 is 11.4 Å². The number of carbonyl (C=O) groups excluding carboxylic acids is 1. The molecule has 0 aromatic heterocycles. The standard InChI is InChI=1S/C36H26O2/c37-35(31-22-12-4-13-23-31)34(33(29-18-8-2-9-19-29)30-20-10-3-11-21-30)36(38,32-24-14-5-15-25-32)27-26-28-16-6-1-7-17-28/h1-25,38H. The number of hydrogen-bond donors (Lipinski definition) is 1. The lowest BCUT2D eigenvalue weighted by atomic mass is 9.76. The fourth-order valence-electron chi connectivity index (χ4n) is 4.50. The quantitative estimate of drug-likeness (QED) is 0.154. The van der Waals surface area contributed by atoms with E-state index in [2.05, 4.69) is 11.8 Å². The van der Waals surface area contributed by atoms with Crippen LogP contribution in [0.1, 0.15) is 32.6 Å². The van der Waals surface area contributed by atoms with E-state index in [0.717, 1.165) is 16.7 Å². The largest absolute Gasteiger partial charge is 0.369 e. The van der Waals surface area contributed by atoms with Crippen molar-refractivity contribution < 1.29 is 9.90 Å². The summed E-state index contributed by atoms with van der Waals surface area (Å²) < 4.78 is 0. The number of carbonyl (C=O) groups is 1. The van der Waals surface area contributed by atoms with Crippen molar-refractivity contribution in [3.05, 3.63) is 185 Å². The average molecular weight is 491 g/mol. The van der Waals surface area contributed by atoms with Crippen LogP contribution in [-0.2, 0) is 5.60 Å². The topological polar surface area (TPSA) is 37.3 Å². The molecule has 0 spiro atoms. The third-order valence-corrected chi connectivity index (χ3v) is 6.35. The molecule has 2 nitrogen and oxygen atoms in total. The number of benzene rings is 5. The first-order valence-corrected chi connectivity index (χ1v) is 12.5. The van der Waals surface area contributed by atoms with Crippen LogP contribution in [-0.4, -0.2) is 10.9 Å². The first-order valence-electron chi connectivity index (χ1n) is 12.5. The van der Waals surface area contributed by atoms with E-state index in [0.29, 0.717) is 16.7 Å². The van der Waals surface area contributed by atoms with Crippen molar-refractivity contribution in [1.29, 1.82) is 0 Å². The molecular formula is C36H26O2. The van der Waals surface area contributed by atoms with Crippen LogP contribution in [0, 0.1) is 11.8 Å². The molecule has 182 valence electrons. The van der Waals surface area contributed by atoms with E-state index in [1.165, 1.54) is 0 Å². The number of ketones is 1. The molecular weight excluding hydrogens is 464 g/mol. The normalized spacial score (nSPS) is 11.9. The van der Waals surface area contributed by atoms with Crippen LogP contribution in [0.25, 0.3) is 5.57 Å². The fraction of sp³-hybridized carbons (Fsp3) is 0.0278. The van der Waals surface area contributed by atoms with Gasteiger partial charge in [0.15, 0.2) is 11.4 Å². The molecule has 0 saturated carbocycles. The fourth-order valence-corrected chi connectivity index (χ4v) is 4.50. The third kappa shape index (κ3) is 5.25. The Morgan fingerprint density at radius 3 is 1.39 bits per heavy atom. The molecule has 0 aliphatic heterocycles. The summed E-state index contributed by atoms with van der Waals surface area (Å²) in [5.41, 5.74) is 2.29. The Morgan fingerprint density at radius 1 is 0.526 bits per heavy atom. The minimum atomic E-state index is -1.91. The molecule has 0 radical (unpaired) electrons. The first-order chi connectivity index (χ1) is 18.7. The highest BCUT2D eigenvalue weighted by molar-refractivity contribution is 6.16. The predicted octanol–water partition coefficient (Wildman–Crippen LogP) is 7.31. The maximum Gasteiger partial charge on any atom is 0.193 e. The van der Waals surface area contributed by atoms with Crippen LogP contribution >= 0.6 is 0 Å². The van der Waals surface area contributed by atoms with Gasteiger partial charge in [0, 0.05) is 22.3 Å². The highest BCUT2D eigenvalue weighted by Crippen LogP contribution is 2.40. The Balaban J connectivity index is 1.90. The number of aliphatic hydroxyl groups is 1. The first kappa shape index (κ1) is 24.7. The third-order valence-electron chi connectivity index (χ3n) is 6.35. The monoisotopic (exact) mass is 490 g/mol. The lowest BCUT2D eigenvalue weighted by Gasteiger charge is -2.29. The second-order valence-electron chi connectivity index (χ2n) is 8.87. The van der Waals surface area contributed by atoms with Gasteiger partial charge in [-0.1, -0.05) is 151 Å². The lowest BCUT2D eigenvalue weighted by molar-refractivity contribution is 0.0917. The molecule has 5 rings (SSSR count). The summed E-state index contributed by atoms with van der Waals surface area (Å²) >= 11 is 0. The van der Waals surface area contributed by atoms with Gasteiger partial charge in [0.2, 0.25) is 0 Å². The molecule has 0 heterocycles. The van der Waals surface area contributed by atoms with Gasteiger partial charge in [-0.15, -0.1) is 0 Å². The smallest absolute Gasteiger partial charge is 0.193 e. The van der Waals surface area contributed by atoms with Crippen LogP contribution in [0.15, 0.2) is 157 Å². The van der Waals surface area contributed by atoms with Gasteiger partial charge < -0.3 is 5.11 Å². The van der Waals surface area contributed by atoms with Gasteiger partial charge in [0.25, 0.3) is 0 Å². The zero-order valence-corrected chi connectivity index (χ0v) is 20.8. The second kappa shape index (κ2) is 11.4. The Morgan fingerprint density at radius 2 is 0.921 bits per heavy atom. The van der Waals surface area contributed by atoms with E-state index >= 15 is 0 Å². The molecule has 5 aromatic rings. The van der Waals surface area contributed by atoms with Gasteiger partial charge >= 0.3 is 0 Å². The number of rotatable bonds is 6. The maximum atomic E-state index is 14.5. The summed E-state index contributed by atoms with van der Waals surface area (Å²) in [7, 11) is 0. The zero-order valence-electron chi connectivity index (χ0n) is 20.8. The maximum absolute atomic E-state index is 14.5. The van der Waals surface area contributed by atoms with Crippen LogP contribution < -0.4 is 0 Å². The zero-order chi connectivity index (χ0) is 26.2. The van der Waals surface area contributed by atoms with Gasteiger partial charge in [0.05, 0.1) is 5.57 Å². The van der Waals surface area contributed by atoms with Gasteiger partial charge in [-0.25, -0.2) is 0 Å². The SMILES string of the molecule is O=C(C(=C(c1ccccc1)c1ccccc1)C(O)(C#Cc1ccccc1)c1ccccc1)c1ccccc1. The molecule has 0 bridgehead atoms. The highest BCUT2D eigenvalue weighted by Gasteiger charge is 2.39. The van der Waals surface area contributed by atoms with E-state index in [9.17, 15) is 9.90 Å². The summed E-state index contributed by atoms with van der Waals surface area (Å²) in [4.78, 5) is 14.5. The summed E-state index contributed by atoms with van der Waals surface area (Å²) in [6, 6.07) is 47.2. The van der Waals surface area contributed by atoms with Gasteiger partial charge in [0.1, 0.15) is 0 Å². The molecule has 5 aromatic carbocycles. The van der Waals surface area contributed by atoms with Crippen molar-refractivity contribution in [3.63, 3.8) is 0 Å². The summed E-state index contributed by atoms with van der Waals surface area (Å²) in [6.07, 6.45) is 0. The molecule has 0 saturated heterocycles. The molecule has 0 aliphatic carbocycles. The van der Waals surface area contributed by atoms with Gasteiger partial charge in [-0.3, -0.25) is 4.79 Å². The molecule has 2 heteroatoms. The van der Waals surface area contributed by atoms with Crippen LogP contribution in [0.5, 0.6) is 0 Å². The van der Waals surface area contributed by atoms with Crippen molar-refractivity contribution in [2.24, 2.45) is 0 Å². The molecule has 0 amide bonds. The minimum Gasteiger partial charge on any atom is -0.369 e. The molecule has 1 atom stereocenters. The van der Waals surface area contributed by atoms with Gasteiger partial charge in [-0.2, -0.15) is 0 Å². The predicted molar refractivity (Wildman–Crippen MR) is 153 cm³/mol. The van der Waals surface area contributed by atoms with Crippen LogP contribution in [0.2, 0.25) is 0 Å². The Hall–Kier alpha value is -4.97. The number of hydrogen-bond acceptors (Lipinski definition) is 2. The van der Waals surface area contributed by atoms with E-state index < -0.39 is 5.60 Å². The molecule has 1 unspecified atom stereocenters. The van der Waals surface area contributed by atoms with Crippen molar-refractivity contribution in [3.8, 4) is 11.8 Å². The van der Waals surface area contributed by atoms with E-state index in [1.54, 1.807) is 12.1 Å². The Kier molecular flexibility index (Phi) is 7.41. The van der Waals surface area contributed by atoms with Crippen molar-refractivity contribution in [1.82, 2.24) is 0 Å². The van der Waals surface area contributed by atoms with E-state index in [-0.39, 0.29) is 11.4 Å². The highest BCUT2D eigenvalue weighted by atomic mass is 16.3. The second-order valence-corrected chi connectivity index (χ2v) is 8.87.